The average Bonchev–Trinajstić information content (AvgIpc) is 2.53. The summed E-state index contributed by atoms with van der Waals surface area (Å²) in [5, 5.41) is 0. The maximum Gasteiger partial charge on any atom is 0.255 e. The van der Waals surface area contributed by atoms with Crippen LogP contribution in [0.4, 0.5) is 0 Å². The molecular formula is C18H25BrN2O3. The van der Waals surface area contributed by atoms with Crippen LogP contribution in [0.25, 0.3) is 0 Å². The van der Waals surface area contributed by atoms with Crippen molar-refractivity contribution in [2.75, 3.05) is 33.3 Å². The largest absolute Gasteiger partial charge is 0.497 e. The van der Waals surface area contributed by atoms with E-state index in [-0.39, 0.29) is 17.2 Å². The molecular weight excluding hydrogens is 372 g/mol. The van der Waals surface area contributed by atoms with E-state index in [4.69, 9.17) is 4.74 Å². The van der Waals surface area contributed by atoms with E-state index in [0.29, 0.717) is 43.9 Å². The van der Waals surface area contributed by atoms with Crippen molar-refractivity contribution in [1.29, 1.82) is 0 Å². The lowest BCUT2D eigenvalue weighted by Gasteiger charge is -2.36. The van der Waals surface area contributed by atoms with Crippen molar-refractivity contribution in [2.24, 2.45) is 5.41 Å². The standard InChI is InChI=1S/C18H25BrN2O3/c1-18(2,3)12-16(22)20-7-9-21(10-8-20)17(23)14-11-13(24-4)5-6-15(14)19/h5-6,11H,7-10,12H2,1-4H3. The number of hydrogen-bond donors (Lipinski definition) is 0. The van der Waals surface area contributed by atoms with Crippen LogP contribution in [-0.4, -0.2) is 54.9 Å². The van der Waals surface area contributed by atoms with Crippen molar-refractivity contribution in [3.8, 4) is 5.75 Å². The van der Waals surface area contributed by atoms with E-state index < -0.39 is 0 Å². The van der Waals surface area contributed by atoms with Crippen molar-refractivity contribution in [2.45, 2.75) is 27.2 Å². The molecule has 2 rings (SSSR count). The number of amides is 2. The van der Waals surface area contributed by atoms with E-state index in [2.05, 4.69) is 36.7 Å². The normalized spacial score (nSPS) is 15.4. The number of benzene rings is 1. The predicted molar refractivity (Wildman–Crippen MR) is 97.2 cm³/mol. The average molecular weight is 397 g/mol. The Labute approximate surface area is 152 Å². The van der Waals surface area contributed by atoms with E-state index in [1.807, 2.05) is 17.0 Å². The summed E-state index contributed by atoms with van der Waals surface area (Å²) in [6, 6.07) is 5.36. The molecule has 0 unspecified atom stereocenters. The number of rotatable bonds is 3. The molecule has 1 aliphatic rings. The number of halogens is 1. The zero-order valence-corrected chi connectivity index (χ0v) is 16.4. The molecule has 0 N–H and O–H groups in total. The molecule has 1 heterocycles. The fourth-order valence-electron chi connectivity index (χ4n) is 2.69. The van der Waals surface area contributed by atoms with Crippen molar-refractivity contribution in [3.05, 3.63) is 28.2 Å². The Bertz CT molecular complexity index is 617. The van der Waals surface area contributed by atoms with Crippen LogP contribution >= 0.6 is 15.9 Å². The predicted octanol–water partition coefficient (Wildman–Crippen LogP) is 3.18. The van der Waals surface area contributed by atoms with Crippen LogP contribution < -0.4 is 4.74 Å². The highest BCUT2D eigenvalue weighted by Crippen LogP contribution is 2.25. The van der Waals surface area contributed by atoms with Gasteiger partial charge in [0.15, 0.2) is 0 Å². The molecule has 0 radical (unpaired) electrons. The van der Waals surface area contributed by atoms with Gasteiger partial charge in [0, 0.05) is 37.1 Å². The summed E-state index contributed by atoms with van der Waals surface area (Å²) in [4.78, 5) is 28.7. The van der Waals surface area contributed by atoms with Gasteiger partial charge in [0.05, 0.1) is 12.7 Å². The number of carbonyl (C=O) groups excluding carboxylic acids is 2. The first-order chi connectivity index (χ1) is 11.2. The van der Waals surface area contributed by atoms with Gasteiger partial charge in [-0.05, 0) is 39.5 Å². The van der Waals surface area contributed by atoms with Crippen LogP contribution in [0.15, 0.2) is 22.7 Å². The lowest BCUT2D eigenvalue weighted by molar-refractivity contribution is -0.134. The third-order valence-electron chi connectivity index (χ3n) is 4.01. The summed E-state index contributed by atoms with van der Waals surface area (Å²) in [6.07, 6.45) is 0.530. The maximum atomic E-state index is 12.7. The quantitative estimate of drug-likeness (QED) is 0.787. The minimum Gasteiger partial charge on any atom is -0.497 e. The lowest BCUT2D eigenvalue weighted by Crippen LogP contribution is -2.51. The summed E-state index contributed by atoms with van der Waals surface area (Å²) in [5.41, 5.74) is 0.569. The van der Waals surface area contributed by atoms with E-state index in [1.165, 1.54) is 0 Å². The molecule has 1 saturated heterocycles. The monoisotopic (exact) mass is 396 g/mol. The molecule has 0 spiro atoms. The van der Waals surface area contributed by atoms with Crippen LogP contribution in [0.1, 0.15) is 37.6 Å². The van der Waals surface area contributed by atoms with Gasteiger partial charge < -0.3 is 14.5 Å². The SMILES string of the molecule is COc1ccc(Br)c(C(=O)N2CCN(C(=O)CC(C)(C)C)CC2)c1. The molecule has 0 saturated carbocycles. The molecule has 24 heavy (non-hydrogen) atoms. The number of piperazine rings is 1. The van der Waals surface area contributed by atoms with Gasteiger partial charge in [-0.25, -0.2) is 0 Å². The second-order valence-corrected chi connectivity index (χ2v) is 8.11. The van der Waals surface area contributed by atoms with Gasteiger partial charge in [-0.3, -0.25) is 9.59 Å². The second kappa shape index (κ2) is 7.55. The van der Waals surface area contributed by atoms with Gasteiger partial charge in [0.2, 0.25) is 5.91 Å². The Morgan fingerprint density at radius 3 is 2.25 bits per heavy atom. The van der Waals surface area contributed by atoms with Gasteiger partial charge >= 0.3 is 0 Å². The van der Waals surface area contributed by atoms with E-state index in [0.717, 1.165) is 4.47 Å². The number of methoxy groups -OCH3 is 1. The molecule has 1 aliphatic heterocycles. The van der Waals surface area contributed by atoms with Crippen LogP contribution in [0, 0.1) is 5.41 Å². The molecule has 1 aromatic carbocycles. The smallest absolute Gasteiger partial charge is 0.255 e. The summed E-state index contributed by atoms with van der Waals surface area (Å²) >= 11 is 3.43. The zero-order chi connectivity index (χ0) is 17.9. The van der Waals surface area contributed by atoms with Gasteiger partial charge in [0.25, 0.3) is 5.91 Å². The number of hydrogen-bond acceptors (Lipinski definition) is 3. The highest BCUT2D eigenvalue weighted by atomic mass is 79.9. The first kappa shape index (κ1) is 18.8. The second-order valence-electron chi connectivity index (χ2n) is 7.26. The third kappa shape index (κ3) is 4.72. The Hall–Kier alpha value is -1.56. The molecule has 0 aromatic heterocycles. The Kier molecular flexibility index (Phi) is 5.91. The third-order valence-corrected chi connectivity index (χ3v) is 4.70. The summed E-state index contributed by atoms with van der Waals surface area (Å²) in [5.74, 6) is 0.779. The van der Waals surface area contributed by atoms with E-state index in [9.17, 15) is 9.59 Å². The number of nitrogens with zero attached hydrogens (tertiary/aromatic N) is 2. The van der Waals surface area contributed by atoms with E-state index >= 15 is 0 Å². The van der Waals surface area contributed by atoms with Crippen molar-refractivity contribution >= 4 is 27.7 Å². The molecule has 0 atom stereocenters. The minimum atomic E-state index is -0.0382. The summed E-state index contributed by atoms with van der Waals surface area (Å²) < 4.78 is 5.95. The van der Waals surface area contributed by atoms with Gasteiger partial charge in [-0.2, -0.15) is 0 Å². The van der Waals surface area contributed by atoms with Crippen LogP contribution in [0.3, 0.4) is 0 Å². The Morgan fingerprint density at radius 2 is 1.71 bits per heavy atom. The van der Waals surface area contributed by atoms with Crippen molar-refractivity contribution in [1.82, 2.24) is 9.80 Å². The lowest BCUT2D eigenvalue weighted by atomic mass is 9.91. The molecule has 1 fully saturated rings. The molecule has 6 heteroatoms. The topological polar surface area (TPSA) is 49.9 Å². The first-order valence-electron chi connectivity index (χ1n) is 8.12. The van der Waals surface area contributed by atoms with Gasteiger partial charge in [-0.15, -0.1) is 0 Å². The Morgan fingerprint density at radius 1 is 1.12 bits per heavy atom. The minimum absolute atomic E-state index is 0.0184. The van der Waals surface area contributed by atoms with Crippen molar-refractivity contribution in [3.63, 3.8) is 0 Å². The fraction of sp³-hybridized carbons (Fsp3) is 0.556. The molecule has 0 bridgehead atoms. The summed E-state index contributed by atoms with van der Waals surface area (Å²) in [6.45, 7) is 8.46. The van der Waals surface area contributed by atoms with Crippen LogP contribution in [-0.2, 0) is 4.79 Å². The number of carbonyl (C=O) groups is 2. The van der Waals surface area contributed by atoms with Crippen LogP contribution in [0.2, 0.25) is 0 Å². The van der Waals surface area contributed by atoms with Gasteiger partial charge in [-0.1, -0.05) is 20.8 Å². The van der Waals surface area contributed by atoms with E-state index in [1.54, 1.807) is 18.1 Å². The zero-order valence-electron chi connectivity index (χ0n) is 14.8. The molecule has 0 aliphatic carbocycles. The molecule has 132 valence electrons. The highest BCUT2D eigenvalue weighted by molar-refractivity contribution is 9.10. The highest BCUT2D eigenvalue weighted by Gasteiger charge is 2.27. The maximum absolute atomic E-state index is 12.7. The number of ether oxygens (including phenoxy) is 1. The van der Waals surface area contributed by atoms with Gasteiger partial charge in [0.1, 0.15) is 5.75 Å². The summed E-state index contributed by atoms with van der Waals surface area (Å²) in [7, 11) is 1.58. The molecule has 5 nitrogen and oxygen atoms in total. The fourth-order valence-corrected chi connectivity index (χ4v) is 3.11. The first-order valence-corrected chi connectivity index (χ1v) is 8.91. The van der Waals surface area contributed by atoms with Crippen molar-refractivity contribution < 1.29 is 14.3 Å². The van der Waals surface area contributed by atoms with Crippen LogP contribution in [0.5, 0.6) is 5.75 Å². The molecule has 2 amide bonds. The molecule has 1 aromatic rings. The Balaban J connectivity index is 1.99.